The predicted octanol–water partition coefficient (Wildman–Crippen LogP) is 2.44. The van der Waals surface area contributed by atoms with E-state index < -0.39 is 5.97 Å². The minimum atomic E-state index is -0.990. The molecular weight excluding hydrogens is 244 g/mol. The monoisotopic (exact) mass is 266 g/mol. The smallest absolute Gasteiger partial charge is 0.337 e. The maximum absolute atomic E-state index is 11.1. The molecule has 0 bridgehead atoms. The number of carboxylic acids is 1. The molecule has 0 saturated heterocycles. The molecule has 19 heavy (non-hydrogen) atoms. The Bertz CT molecular complexity index is 419. The van der Waals surface area contributed by atoms with Crippen LogP contribution in [0.25, 0.3) is 0 Å². The molecule has 1 aromatic carbocycles. The molecule has 0 spiro atoms. The number of nitrogens with two attached hydrogens (primary N) is 1. The average Bonchev–Trinajstić information content (AvgIpc) is 2.34. The summed E-state index contributed by atoms with van der Waals surface area (Å²) in [5.41, 5.74) is 6.85. The zero-order valence-electron chi connectivity index (χ0n) is 11.5. The number of hydrogen-bond donors (Lipinski definition) is 3. The van der Waals surface area contributed by atoms with E-state index in [2.05, 4.69) is 19.2 Å². The second-order valence-electron chi connectivity index (χ2n) is 4.80. The lowest BCUT2D eigenvalue weighted by atomic mass is 10.1. The summed E-state index contributed by atoms with van der Waals surface area (Å²) in [6.45, 7) is 6.07. The molecule has 0 atom stereocenters. The number of hydrogen-bond acceptors (Lipinski definition) is 4. The van der Waals surface area contributed by atoms with Gasteiger partial charge in [-0.05, 0) is 24.5 Å². The van der Waals surface area contributed by atoms with Gasteiger partial charge in [0.1, 0.15) is 0 Å². The molecule has 5 heteroatoms. The number of anilines is 2. The van der Waals surface area contributed by atoms with E-state index in [1.165, 1.54) is 6.07 Å². The second-order valence-corrected chi connectivity index (χ2v) is 4.80. The number of rotatable bonds is 8. The Labute approximate surface area is 113 Å². The number of nitrogen functional groups attached to an aromatic ring is 1. The van der Waals surface area contributed by atoms with Gasteiger partial charge in [0.25, 0.3) is 0 Å². The van der Waals surface area contributed by atoms with Crippen molar-refractivity contribution >= 4 is 17.3 Å². The summed E-state index contributed by atoms with van der Waals surface area (Å²) >= 11 is 0. The van der Waals surface area contributed by atoms with E-state index in [1.807, 2.05) is 0 Å². The normalized spacial score (nSPS) is 10.7. The quantitative estimate of drug-likeness (QED) is 0.497. The van der Waals surface area contributed by atoms with Crippen molar-refractivity contribution in [2.75, 3.05) is 30.8 Å². The SMILES string of the molecule is CC(C)CCOCCNc1c(N)cccc1C(=O)O. The first kappa shape index (κ1) is 15.3. The fraction of sp³-hybridized carbons (Fsp3) is 0.500. The third-order valence-electron chi connectivity index (χ3n) is 2.71. The third-order valence-corrected chi connectivity index (χ3v) is 2.71. The van der Waals surface area contributed by atoms with Crippen LogP contribution in [0.5, 0.6) is 0 Å². The molecule has 0 amide bonds. The van der Waals surface area contributed by atoms with Gasteiger partial charge in [-0.3, -0.25) is 0 Å². The van der Waals surface area contributed by atoms with Gasteiger partial charge < -0.3 is 20.9 Å². The van der Waals surface area contributed by atoms with E-state index in [4.69, 9.17) is 15.6 Å². The highest BCUT2D eigenvalue weighted by atomic mass is 16.5. The van der Waals surface area contributed by atoms with Gasteiger partial charge >= 0.3 is 5.97 Å². The fourth-order valence-electron chi connectivity index (χ4n) is 1.61. The zero-order valence-corrected chi connectivity index (χ0v) is 11.5. The van der Waals surface area contributed by atoms with Crippen molar-refractivity contribution in [2.24, 2.45) is 5.92 Å². The van der Waals surface area contributed by atoms with E-state index in [9.17, 15) is 4.79 Å². The zero-order chi connectivity index (χ0) is 14.3. The summed E-state index contributed by atoms with van der Waals surface area (Å²) in [4.78, 5) is 11.1. The first-order chi connectivity index (χ1) is 9.02. The summed E-state index contributed by atoms with van der Waals surface area (Å²) in [6.07, 6.45) is 1.02. The maximum atomic E-state index is 11.1. The number of ether oxygens (including phenoxy) is 1. The van der Waals surface area contributed by atoms with Crippen molar-refractivity contribution in [1.82, 2.24) is 0 Å². The van der Waals surface area contributed by atoms with Gasteiger partial charge in [-0.1, -0.05) is 19.9 Å². The second kappa shape index (κ2) is 7.63. The van der Waals surface area contributed by atoms with Crippen molar-refractivity contribution in [3.05, 3.63) is 23.8 Å². The van der Waals surface area contributed by atoms with Gasteiger partial charge in [0, 0.05) is 13.2 Å². The molecule has 4 N–H and O–H groups in total. The minimum Gasteiger partial charge on any atom is -0.478 e. The van der Waals surface area contributed by atoms with Gasteiger partial charge in [0.15, 0.2) is 0 Å². The molecule has 0 saturated carbocycles. The molecular formula is C14H22N2O3. The van der Waals surface area contributed by atoms with Crippen molar-refractivity contribution in [1.29, 1.82) is 0 Å². The highest BCUT2D eigenvalue weighted by Gasteiger charge is 2.11. The first-order valence-electron chi connectivity index (χ1n) is 6.45. The maximum Gasteiger partial charge on any atom is 0.337 e. The highest BCUT2D eigenvalue weighted by molar-refractivity contribution is 5.97. The molecule has 0 radical (unpaired) electrons. The molecule has 1 aromatic rings. The lowest BCUT2D eigenvalue weighted by Gasteiger charge is -2.12. The Morgan fingerprint density at radius 3 is 2.79 bits per heavy atom. The van der Waals surface area contributed by atoms with Crippen LogP contribution < -0.4 is 11.1 Å². The van der Waals surface area contributed by atoms with Gasteiger partial charge in [-0.15, -0.1) is 0 Å². The van der Waals surface area contributed by atoms with E-state index in [0.29, 0.717) is 30.4 Å². The number of nitrogens with one attached hydrogen (secondary N) is 1. The van der Waals surface area contributed by atoms with Crippen LogP contribution in [-0.4, -0.2) is 30.8 Å². The molecule has 0 aliphatic rings. The molecule has 0 aliphatic heterocycles. The van der Waals surface area contributed by atoms with Gasteiger partial charge in [0.05, 0.1) is 23.5 Å². The van der Waals surface area contributed by atoms with E-state index in [-0.39, 0.29) is 5.56 Å². The van der Waals surface area contributed by atoms with E-state index >= 15 is 0 Å². The van der Waals surface area contributed by atoms with Crippen molar-refractivity contribution in [2.45, 2.75) is 20.3 Å². The van der Waals surface area contributed by atoms with Crippen LogP contribution in [0.4, 0.5) is 11.4 Å². The first-order valence-corrected chi connectivity index (χ1v) is 6.45. The van der Waals surface area contributed by atoms with Crippen LogP contribution in [0.3, 0.4) is 0 Å². The molecule has 0 fully saturated rings. The summed E-state index contributed by atoms with van der Waals surface area (Å²) in [5, 5.41) is 12.1. The molecule has 0 aromatic heterocycles. The van der Waals surface area contributed by atoms with Crippen molar-refractivity contribution in [3.8, 4) is 0 Å². The van der Waals surface area contributed by atoms with Crippen LogP contribution in [0.2, 0.25) is 0 Å². The molecule has 0 unspecified atom stereocenters. The van der Waals surface area contributed by atoms with E-state index in [0.717, 1.165) is 13.0 Å². The summed E-state index contributed by atoms with van der Waals surface area (Å²) < 4.78 is 5.46. The Morgan fingerprint density at radius 2 is 2.16 bits per heavy atom. The van der Waals surface area contributed by atoms with Crippen LogP contribution in [0, 0.1) is 5.92 Å². The predicted molar refractivity (Wildman–Crippen MR) is 76.6 cm³/mol. The van der Waals surface area contributed by atoms with E-state index in [1.54, 1.807) is 12.1 Å². The fourth-order valence-corrected chi connectivity index (χ4v) is 1.61. The summed E-state index contributed by atoms with van der Waals surface area (Å²) in [6, 6.07) is 4.83. The van der Waals surface area contributed by atoms with Gasteiger partial charge in [-0.2, -0.15) is 0 Å². The minimum absolute atomic E-state index is 0.183. The van der Waals surface area contributed by atoms with Crippen LogP contribution in [0.15, 0.2) is 18.2 Å². The number of para-hydroxylation sites is 1. The molecule has 5 nitrogen and oxygen atoms in total. The largest absolute Gasteiger partial charge is 0.478 e. The number of benzene rings is 1. The number of carboxylic acid groups (broad SMARTS) is 1. The Morgan fingerprint density at radius 1 is 1.42 bits per heavy atom. The number of carbonyl (C=O) groups is 1. The molecule has 106 valence electrons. The molecule has 1 rings (SSSR count). The molecule has 0 aliphatic carbocycles. The summed E-state index contributed by atoms with van der Waals surface area (Å²) in [7, 11) is 0. The number of aromatic carboxylic acids is 1. The van der Waals surface area contributed by atoms with Crippen molar-refractivity contribution < 1.29 is 14.6 Å². The lowest BCUT2D eigenvalue weighted by molar-refractivity contribution is 0.0697. The average molecular weight is 266 g/mol. The summed E-state index contributed by atoms with van der Waals surface area (Å²) in [5.74, 6) is -0.369. The Kier molecular flexibility index (Phi) is 6.15. The van der Waals surface area contributed by atoms with Gasteiger partial charge in [-0.25, -0.2) is 4.79 Å². The van der Waals surface area contributed by atoms with Gasteiger partial charge in [0.2, 0.25) is 0 Å². The van der Waals surface area contributed by atoms with Crippen LogP contribution >= 0.6 is 0 Å². The van der Waals surface area contributed by atoms with Crippen LogP contribution in [-0.2, 0) is 4.74 Å². The van der Waals surface area contributed by atoms with Crippen LogP contribution in [0.1, 0.15) is 30.6 Å². The Balaban J connectivity index is 2.43. The lowest BCUT2D eigenvalue weighted by Crippen LogP contribution is -2.14. The standard InChI is InChI=1S/C14H22N2O3/c1-10(2)6-8-19-9-7-16-13-11(14(17)18)4-3-5-12(13)15/h3-5,10,16H,6-9,15H2,1-2H3,(H,17,18). The highest BCUT2D eigenvalue weighted by Crippen LogP contribution is 2.23. The molecule has 0 heterocycles. The van der Waals surface area contributed by atoms with Crippen molar-refractivity contribution in [3.63, 3.8) is 0 Å². The topological polar surface area (TPSA) is 84.6 Å². The third kappa shape index (κ3) is 5.18. The Hall–Kier alpha value is -1.75.